The summed E-state index contributed by atoms with van der Waals surface area (Å²) in [5.74, 6) is 0.677. The minimum Gasteiger partial charge on any atom is -0.380 e. The van der Waals surface area contributed by atoms with E-state index in [-0.39, 0.29) is 0 Å². The molecule has 0 bridgehead atoms. The van der Waals surface area contributed by atoms with E-state index in [2.05, 4.69) is 61.6 Å². The molecule has 8 heteroatoms. The van der Waals surface area contributed by atoms with Crippen LogP contribution in [0.2, 0.25) is 0 Å². The van der Waals surface area contributed by atoms with Gasteiger partial charge < -0.3 is 10.1 Å². The van der Waals surface area contributed by atoms with E-state index in [0.717, 1.165) is 38.9 Å². The lowest BCUT2D eigenvalue weighted by atomic mass is 10.3. The largest absolute Gasteiger partial charge is 0.380 e. The second-order valence-electron chi connectivity index (χ2n) is 9.26. The van der Waals surface area contributed by atoms with Crippen molar-refractivity contribution in [1.82, 2.24) is 20.0 Å². The molecule has 30 heavy (non-hydrogen) atoms. The topological polar surface area (TPSA) is 65.1 Å². The van der Waals surface area contributed by atoms with Crippen molar-refractivity contribution in [3.8, 4) is 0 Å². The van der Waals surface area contributed by atoms with Gasteiger partial charge in [-0.3, -0.25) is 14.7 Å². The van der Waals surface area contributed by atoms with Crippen LogP contribution in [0.5, 0.6) is 0 Å². The number of piperazine rings is 1. The summed E-state index contributed by atoms with van der Waals surface area (Å²) >= 11 is 0. The molecular weight excluding hydrogens is 400 g/mol. The number of ether oxygens (including phenoxy) is 1. The number of sulfone groups is 1. The fourth-order valence-electron chi connectivity index (χ4n) is 3.72. The van der Waals surface area contributed by atoms with Gasteiger partial charge in [0.05, 0.1) is 18.1 Å². The monoisotopic (exact) mass is 448 g/mol. The van der Waals surface area contributed by atoms with Crippen molar-refractivity contribution in [1.29, 1.82) is 0 Å². The molecule has 0 aliphatic carbocycles. The summed E-state index contributed by atoms with van der Waals surface area (Å²) in [7, 11) is -2.69. The molecule has 0 radical (unpaired) electrons. The first-order valence-corrected chi connectivity index (χ1v) is 13.7. The Morgan fingerprint density at radius 1 is 0.667 bits per heavy atom. The van der Waals surface area contributed by atoms with Crippen LogP contribution in [0.1, 0.15) is 48.0 Å². The Morgan fingerprint density at radius 3 is 1.60 bits per heavy atom. The number of nitrogens with zero attached hydrogens (tertiary/aromatic N) is 3. The number of hydrogen-bond acceptors (Lipinski definition) is 7. The molecule has 0 aromatic carbocycles. The minimum atomic E-state index is -2.69. The smallest absolute Gasteiger partial charge is 0.152 e. The zero-order valence-corrected chi connectivity index (χ0v) is 21.2. The van der Waals surface area contributed by atoms with Crippen molar-refractivity contribution in [2.24, 2.45) is 0 Å². The summed E-state index contributed by atoms with van der Waals surface area (Å²) in [6, 6.07) is 1.89. The van der Waals surface area contributed by atoms with E-state index >= 15 is 0 Å². The van der Waals surface area contributed by atoms with Crippen molar-refractivity contribution in [3.63, 3.8) is 0 Å². The Balaban J connectivity index is 0.000000226. The quantitative estimate of drug-likeness (QED) is 0.703. The Labute approximate surface area is 186 Å². The minimum absolute atomic E-state index is 0.338. The molecule has 3 aliphatic rings. The first kappa shape index (κ1) is 27.8. The van der Waals surface area contributed by atoms with Gasteiger partial charge in [0.15, 0.2) is 9.84 Å². The Bertz CT molecular complexity index is 513. The van der Waals surface area contributed by atoms with Crippen molar-refractivity contribution in [2.45, 2.75) is 66.1 Å². The molecule has 0 aromatic heterocycles. The Morgan fingerprint density at radius 2 is 1.13 bits per heavy atom. The summed E-state index contributed by atoms with van der Waals surface area (Å²) in [6.07, 6.45) is 1.19. The molecular formula is C22H48N4O3S. The van der Waals surface area contributed by atoms with Crippen molar-refractivity contribution < 1.29 is 13.2 Å². The molecule has 0 spiro atoms. The van der Waals surface area contributed by atoms with Gasteiger partial charge in [-0.15, -0.1) is 0 Å². The molecule has 3 fully saturated rings. The molecule has 3 aliphatic heterocycles. The van der Waals surface area contributed by atoms with Crippen LogP contribution in [0.3, 0.4) is 0 Å². The van der Waals surface area contributed by atoms with Crippen LogP contribution < -0.4 is 5.32 Å². The van der Waals surface area contributed by atoms with Crippen molar-refractivity contribution >= 4 is 9.84 Å². The van der Waals surface area contributed by atoms with E-state index in [1.807, 2.05) is 0 Å². The maximum Gasteiger partial charge on any atom is 0.152 e. The van der Waals surface area contributed by atoms with E-state index < -0.39 is 9.84 Å². The molecule has 3 saturated heterocycles. The Hall–Kier alpha value is -0.250. The van der Waals surface area contributed by atoms with Crippen LogP contribution >= 0.6 is 0 Å². The van der Waals surface area contributed by atoms with Gasteiger partial charge in [-0.2, -0.15) is 0 Å². The van der Waals surface area contributed by atoms with Gasteiger partial charge in [-0.05, 0) is 48.0 Å². The average molecular weight is 449 g/mol. The maximum atomic E-state index is 11.0. The molecule has 0 saturated carbocycles. The molecule has 3 rings (SSSR count). The first-order chi connectivity index (χ1) is 14.1. The van der Waals surface area contributed by atoms with E-state index in [9.17, 15) is 8.42 Å². The van der Waals surface area contributed by atoms with Gasteiger partial charge in [-0.1, -0.05) is 0 Å². The van der Waals surface area contributed by atoms with Crippen LogP contribution in [-0.4, -0.2) is 118 Å². The lowest BCUT2D eigenvalue weighted by Gasteiger charge is -2.30. The van der Waals surface area contributed by atoms with Gasteiger partial charge in [0.1, 0.15) is 0 Å². The SMILES string of the molecule is CC(C)N1CCCOCC1.CC(C)N1CCNCC1.CC(C)N1CCS(=O)(=O)CC1. The Kier molecular flexibility index (Phi) is 13.7. The van der Waals surface area contributed by atoms with Crippen LogP contribution in [0.4, 0.5) is 0 Å². The number of hydrogen-bond donors (Lipinski definition) is 1. The normalized spacial score (nSPS) is 24.0. The van der Waals surface area contributed by atoms with E-state index in [1.165, 1.54) is 26.1 Å². The van der Waals surface area contributed by atoms with Crippen LogP contribution in [0.25, 0.3) is 0 Å². The fraction of sp³-hybridized carbons (Fsp3) is 1.00. The average Bonchev–Trinajstić information content (AvgIpc) is 2.99. The molecule has 180 valence electrons. The molecule has 0 amide bonds. The van der Waals surface area contributed by atoms with Crippen molar-refractivity contribution in [2.75, 3.05) is 77.1 Å². The van der Waals surface area contributed by atoms with Gasteiger partial charge in [0, 0.05) is 77.1 Å². The van der Waals surface area contributed by atoms with Gasteiger partial charge in [0.2, 0.25) is 0 Å². The first-order valence-electron chi connectivity index (χ1n) is 11.8. The highest BCUT2D eigenvalue weighted by Gasteiger charge is 2.22. The molecule has 0 atom stereocenters. The highest BCUT2D eigenvalue weighted by Crippen LogP contribution is 2.06. The third-order valence-electron chi connectivity index (χ3n) is 5.98. The maximum absolute atomic E-state index is 11.0. The number of nitrogens with one attached hydrogen (secondary N) is 1. The lowest BCUT2D eigenvalue weighted by Crippen LogP contribution is -2.46. The predicted octanol–water partition coefficient (Wildman–Crippen LogP) is 1.54. The summed E-state index contributed by atoms with van der Waals surface area (Å²) in [4.78, 5) is 7.16. The van der Waals surface area contributed by atoms with Gasteiger partial charge in [0.25, 0.3) is 0 Å². The summed E-state index contributed by atoms with van der Waals surface area (Å²) in [5.41, 5.74) is 0. The second kappa shape index (κ2) is 14.7. The predicted molar refractivity (Wildman–Crippen MR) is 127 cm³/mol. The number of rotatable bonds is 3. The summed E-state index contributed by atoms with van der Waals surface area (Å²) < 4.78 is 27.3. The van der Waals surface area contributed by atoms with E-state index in [0.29, 0.717) is 36.7 Å². The van der Waals surface area contributed by atoms with E-state index in [4.69, 9.17) is 4.74 Å². The fourth-order valence-corrected chi connectivity index (χ4v) is 4.95. The summed E-state index contributed by atoms with van der Waals surface area (Å²) in [5, 5.41) is 3.33. The van der Waals surface area contributed by atoms with Gasteiger partial charge in [-0.25, -0.2) is 8.42 Å². The van der Waals surface area contributed by atoms with Crippen LogP contribution in [-0.2, 0) is 14.6 Å². The summed E-state index contributed by atoms with van der Waals surface area (Å²) in [6.45, 7) is 23.5. The van der Waals surface area contributed by atoms with Crippen molar-refractivity contribution in [3.05, 3.63) is 0 Å². The molecule has 3 heterocycles. The second-order valence-corrected chi connectivity index (χ2v) is 11.6. The van der Waals surface area contributed by atoms with Crippen LogP contribution in [0, 0.1) is 0 Å². The highest BCUT2D eigenvalue weighted by atomic mass is 32.2. The molecule has 0 aromatic rings. The lowest BCUT2D eigenvalue weighted by molar-refractivity contribution is 0.136. The molecule has 7 nitrogen and oxygen atoms in total. The third kappa shape index (κ3) is 12.0. The highest BCUT2D eigenvalue weighted by molar-refractivity contribution is 7.91. The standard InChI is InChI=1S/C8H17NO.C7H16N2.C7H15NO2S/c1-8(2)9-4-3-6-10-7-5-9;1-7(2)9-5-3-8-4-6-9;1-7(2)8-3-5-11(9,10)6-4-8/h8H,3-7H2,1-2H3;7-8H,3-6H2,1-2H3;7H,3-6H2,1-2H3. The van der Waals surface area contributed by atoms with Gasteiger partial charge >= 0.3 is 0 Å². The molecule has 1 N–H and O–H groups in total. The third-order valence-corrected chi connectivity index (χ3v) is 7.59. The van der Waals surface area contributed by atoms with Crippen LogP contribution in [0.15, 0.2) is 0 Å². The zero-order valence-electron chi connectivity index (χ0n) is 20.4. The zero-order chi connectivity index (χ0) is 22.6. The van der Waals surface area contributed by atoms with E-state index in [1.54, 1.807) is 0 Å². The molecule has 0 unspecified atom stereocenters.